The van der Waals surface area contributed by atoms with Crippen LogP contribution >= 0.6 is 0 Å². The molecular formula is C20H26N4O2. The molecule has 3 atom stereocenters. The minimum atomic E-state index is 0.132. The van der Waals surface area contributed by atoms with Gasteiger partial charge in [0.2, 0.25) is 0 Å². The number of pyridine rings is 1. The fraction of sp³-hybridized carbons (Fsp3) is 0.500. The van der Waals surface area contributed by atoms with E-state index in [1.165, 1.54) is 5.56 Å². The Balaban J connectivity index is 1.54. The Labute approximate surface area is 154 Å². The van der Waals surface area contributed by atoms with Gasteiger partial charge in [0.15, 0.2) is 0 Å². The summed E-state index contributed by atoms with van der Waals surface area (Å²) in [6.07, 6.45) is 6.72. The molecule has 2 saturated heterocycles. The summed E-state index contributed by atoms with van der Waals surface area (Å²) in [5, 5.41) is 0. The molecule has 2 aromatic rings. The van der Waals surface area contributed by atoms with E-state index in [0.717, 1.165) is 38.3 Å². The molecule has 4 heterocycles. The van der Waals surface area contributed by atoms with E-state index in [-0.39, 0.29) is 18.1 Å². The van der Waals surface area contributed by atoms with Gasteiger partial charge < -0.3 is 14.2 Å². The number of carbonyl (C=O) groups excluding carboxylic acids is 1. The van der Waals surface area contributed by atoms with Crippen molar-refractivity contribution in [1.82, 2.24) is 19.4 Å². The van der Waals surface area contributed by atoms with E-state index in [9.17, 15) is 4.79 Å². The predicted molar refractivity (Wildman–Crippen MR) is 98.7 cm³/mol. The van der Waals surface area contributed by atoms with Crippen LogP contribution in [0.2, 0.25) is 0 Å². The molecule has 0 unspecified atom stereocenters. The Bertz CT molecular complexity index is 760. The molecule has 6 nitrogen and oxygen atoms in total. The number of aryl methyl sites for hydroxylation is 1. The third kappa shape index (κ3) is 3.15. The normalized spacial score (nSPS) is 26.1. The van der Waals surface area contributed by atoms with Crippen LogP contribution in [0.25, 0.3) is 0 Å². The fourth-order valence-electron chi connectivity index (χ4n) is 4.49. The first kappa shape index (κ1) is 17.2. The van der Waals surface area contributed by atoms with Crippen LogP contribution in [0, 0.1) is 5.92 Å². The van der Waals surface area contributed by atoms with Gasteiger partial charge in [-0.05, 0) is 36.2 Å². The molecule has 2 fully saturated rings. The van der Waals surface area contributed by atoms with Crippen molar-refractivity contribution >= 4 is 5.91 Å². The Hall–Kier alpha value is -2.18. The van der Waals surface area contributed by atoms with Crippen LogP contribution in [-0.2, 0) is 18.3 Å². The summed E-state index contributed by atoms with van der Waals surface area (Å²) in [6.45, 7) is 3.50. The van der Waals surface area contributed by atoms with E-state index in [0.29, 0.717) is 5.92 Å². The number of methoxy groups -OCH3 is 1. The first-order valence-corrected chi connectivity index (χ1v) is 9.23. The molecule has 0 bridgehead atoms. The number of ether oxygens (including phenoxy) is 1. The van der Waals surface area contributed by atoms with Gasteiger partial charge in [0.05, 0.1) is 12.1 Å². The van der Waals surface area contributed by atoms with Crippen LogP contribution in [0.4, 0.5) is 0 Å². The molecule has 138 valence electrons. The third-order valence-electron chi connectivity index (χ3n) is 5.82. The van der Waals surface area contributed by atoms with E-state index >= 15 is 0 Å². The molecule has 0 saturated carbocycles. The molecule has 26 heavy (non-hydrogen) atoms. The topological polar surface area (TPSA) is 50.6 Å². The SMILES string of the molecule is CO[C@@H]1CCN(C(=O)c2cccn2C)[C@H]2CN(Cc3ccncc3)C[C@@H]12. The highest BCUT2D eigenvalue weighted by atomic mass is 16.5. The number of likely N-dealkylation sites (tertiary alicyclic amines) is 2. The van der Waals surface area contributed by atoms with E-state index in [4.69, 9.17) is 4.74 Å². The smallest absolute Gasteiger partial charge is 0.270 e. The summed E-state index contributed by atoms with van der Waals surface area (Å²) in [5.74, 6) is 0.493. The molecule has 0 aliphatic carbocycles. The van der Waals surface area contributed by atoms with Gasteiger partial charge >= 0.3 is 0 Å². The lowest BCUT2D eigenvalue weighted by atomic mass is 9.88. The van der Waals surface area contributed by atoms with Crippen molar-refractivity contribution in [1.29, 1.82) is 0 Å². The maximum atomic E-state index is 13.1. The van der Waals surface area contributed by atoms with Gasteiger partial charge in [-0.15, -0.1) is 0 Å². The molecular weight excluding hydrogens is 328 g/mol. The largest absolute Gasteiger partial charge is 0.381 e. The highest BCUT2D eigenvalue weighted by Gasteiger charge is 2.46. The summed E-state index contributed by atoms with van der Waals surface area (Å²) >= 11 is 0. The molecule has 0 N–H and O–H groups in total. The number of nitrogens with zero attached hydrogens (tertiary/aromatic N) is 4. The fourth-order valence-corrected chi connectivity index (χ4v) is 4.49. The molecule has 2 aliphatic heterocycles. The van der Waals surface area contributed by atoms with Crippen LogP contribution in [-0.4, -0.2) is 64.1 Å². The van der Waals surface area contributed by atoms with E-state index in [2.05, 4.69) is 26.9 Å². The van der Waals surface area contributed by atoms with Gasteiger partial charge in [-0.25, -0.2) is 0 Å². The standard InChI is InChI=1S/C20H26N4O2/c1-22-10-3-4-17(22)20(25)24-11-7-19(26-2)16-13-23(14-18(16)24)12-15-5-8-21-9-6-15/h3-6,8-10,16,18-19H,7,11-14H2,1-2H3/t16-,18+,19-/m1/s1. The number of piperidine rings is 1. The number of hydrogen-bond donors (Lipinski definition) is 0. The zero-order chi connectivity index (χ0) is 18.1. The maximum Gasteiger partial charge on any atom is 0.270 e. The molecule has 0 spiro atoms. The van der Waals surface area contributed by atoms with Crippen LogP contribution < -0.4 is 0 Å². The minimum Gasteiger partial charge on any atom is -0.381 e. The lowest BCUT2D eigenvalue weighted by molar-refractivity contribution is -0.0159. The number of hydrogen-bond acceptors (Lipinski definition) is 4. The summed E-state index contributed by atoms with van der Waals surface area (Å²) in [5.41, 5.74) is 2.01. The summed E-state index contributed by atoms with van der Waals surface area (Å²) < 4.78 is 7.67. The van der Waals surface area contributed by atoms with Crippen molar-refractivity contribution in [2.24, 2.45) is 13.0 Å². The monoisotopic (exact) mass is 354 g/mol. The third-order valence-corrected chi connectivity index (χ3v) is 5.82. The first-order chi connectivity index (χ1) is 12.7. The van der Waals surface area contributed by atoms with Gasteiger partial charge in [0, 0.05) is 64.8 Å². The van der Waals surface area contributed by atoms with E-state index in [1.807, 2.05) is 42.3 Å². The number of amides is 1. The van der Waals surface area contributed by atoms with Crippen molar-refractivity contribution in [2.75, 3.05) is 26.7 Å². The molecule has 0 radical (unpaired) electrons. The Morgan fingerprint density at radius 1 is 1.27 bits per heavy atom. The van der Waals surface area contributed by atoms with Gasteiger partial charge in [-0.1, -0.05) is 0 Å². The molecule has 0 aromatic carbocycles. The second kappa shape index (κ2) is 7.21. The Morgan fingerprint density at radius 3 is 2.77 bits per heavy atom. The lowest BCUT2D eigenvalue weighted by Gasteiger charge is -2.41. The zero-order valence-corrected chi connectivity index (χ0v) is 15.4. The second-order valence-corrected chi connectivity index (χ2v) is 7.35. The quantitative estimate of drug-likeness (QED) is 0.840. The van der Waals surface area contributed by atoms with Crippen molar-refractivity contribution in [3.05, 3.63) is 54.1 Å². The highest BCUT2D eigenvalue weighted by Crippen LogP contribution is 2.34. The van der Waals surface area contributed by atoms with Crippen molar-refractivity contribution in [2.45, 2.75) is 25.1 Å². The van der Waals surface area contributed by atoms with E-state index in [1.54, 1.807) is 7.11 Å². The average Bonchev–Trinajstić information content (AvgIpc) is 3.27. The second-order valence-electron chi connectivity index (χ2n) is 7.35. The Morgan fingerprint density at radius 2 is 2.08 bits per heavy atom. The van der Waals surface area contributed by atoms with Gasteiger partial charge in [0.25, 0.3) is 5.91 Å². The summed E-state index contributed by atoms with van der Waals surface area (Å²) in [7, 11) is 3.72. The molecule has 2 aromatic heterocycles. The number of aromatic nitrogens is 2. The van der Waals surface area contributed by atoms with Crippen LogP contribution in [0.1, 0.15) is 22.5 Å². The van der Waals surface area contributed by atoms with Gasteiger partial charge in [-0.2, -0.15) is 0 Å². The number of carbonyl (C=O) groups is 1. The molecule has 2 aliphatic rings. The van der Waals surface area contributed by atoms with Gasteiger partial charge in [-0.3, -0.25) is 14.7 Å². The number of rotatable bonds is 4. The molecule has 1 amide bonds. The summed E-state index contributed by atoms with van der Waals surface area (Å²) in [6, 6.07) is 8.16. The summed E-state index contributed by atoms with van der Waals surface area (Å²) in [4.78, 5) is 21.7. The Kier molecular flexibility index (Phi) is 4.78. The first-order valence-electron chi connectivity index (χ1n) is 9.23. The van der Waals surface area contributed by atoms with Crippen molar-refractivity contribution in [3.63, 3.8) is 0 Å². The maximum absolute atomic E-state index is 13.1. The van der Waals surface area contributed by atoms with Crippen molar-refractivity contribution in [3.8, 4) is 0 Å². The predicted octanol–water partition coefficient (Wildman–Crippen LogP) is 1.78. The van der Waals surface area contributed by atoms with Crippen LogP contribution in [0.15, 0.2) is 42.9 Å². The van der Waals surface area contributed by atoms with Gasteiger partial charge in [0.1, 0.15) is 5.69 Å². The van der Waals surface area contributed by atoms with E-state index < -0.39 is 0 Å². The molecule has 4 rings (SSSR count). The van der Waals surface area contributed by atoms with Crippen LogP contribution in [0.5, 0.6) is 0 Å². The van der Waals surface area contributed by atoms with Crippen molar-refractivity contribution < 1.29 is 9.53 Å². The minimum absolute atomic E-state index is 0.132. The lowest BCUT2D eigenvalue weighted by Crippen LogP contribution is -2.53. The zero-order valence-electron chi connectivity index (χ0n) is 15.4. The number of fused-ring (bicyclic) bond motifs is 1. The van der Waals surface area contributed by atoms with Crippen LogP contribution in [0.3, 0.4) is 0 Å². The highest BCUT2D eigenvalue weighted by molar-refractivity contribution is 5.93. The molecule has 6 heteroatoms. The average molecular weight is 354 g/mol.